The van der Waals surface area contributed by atoms with Crippen LogP contribution >= 0.6 is 18.9 Å². The van der Waals surface area contributed by atoms with Gasteiger partial charge in [0.1, 0.15) is 5.30 Å². The van der Waals surface area contributed by atoms with E-state index in [1.807, 2.05) is 6.07 Å². The number of ether oxygens (including phenoxy) is 2. The first kappa shape index (κ1) is 19.3. The minimum atomic E-state index is -1.70. The van der Waals surface area contributed by atoms with Crippen LogP contribution in [-0.2, 0) is 0 Å². The molecule has 0 aromatic heterocycles. The van der Waals surface area contributed by atoms with Crippen molar-refractivity contribution in [3.05, 3.63) is 23.8 Å². The molecule has 2 aliphatic carbocycles. The maximum Gasteiger partial charge on any atom is 0.162 e. The lowest BCUT2D eigenvalue weighted by Crippen LogP contribution is -2.35. The molecule has 0 saturated heterocycles. The zero-order valence-corrected chi connectivity index (χ0v) is 17.3. The molecule has 2 saturated carbocycles. The molecule has 140 valence electrons. The summed E-state index contributed by atoms with van der Waals surface area (Å²) in [5, 5.41) is 1.30. The molecular formula is C21H32ClO2P. The smallest absolute Gasteiger partial charge is 0.162 e. The van der Waals surface area contributed by atoms with Gasteiger partial charge in [0, 0.05) is 11.3 Å². The molecular weight excluding hydrogens is 351 g/mol. The maximum absolute atomic E-state index is 6.80. The highest BCUT2D eigenvalue weighted by molar-refractivity contribution is 7.87. The van der Waals surface area contributed by atoms with Crippen molar-refractivity contribution in [1.82, 2.24) is 0 Å². The largest absolute Gasteiger partial charge is 0.493 e. The van der Waals surface area contributed by atoms with E-state index in [9.17, 15) is 0 Å². The number of methoxy groups -OCH3 is 2. The summed E-state index contributed by atoms with van der Waals surface area (Å²) in [6.07, 6.45) is 13.3. The summed E-state index contributed by atoms with van der Waals surface area (Å²) in [4.78, 5) is 0. The van der Waals surface area contributed by atoms with E-state index < -0.39 is 7.26 Å². The number of rotatable bonds is 6. The number of hydrogen-bond acceptors (Lipinski definition) is 2. The fourth-order valence-corrected chi connectivity index (χ4v) is 11.6. The van der Waals surface area contributed by atoms with Crippen LogP contribution in [0.3, 0.4) is 0 Å². The molecule has 2 aliphatic rings. The van der Waals surface area contributed by atoms with Gasteiger partial charge in [-0.1, -0.05) is 31.8 Å². The van der Waals surface area contributed by atoms with Gasteiger partial charge in [0.05, 0.1) is 14.2 Å². The second-order valence-corrected chi connectivity index (χ2v) is 11.9. The van der Waals surface area contributed by atoms with Crippen molar-refractivity contribution in [2.75, 3.05) is 14.2 Å². The molecule has 4 heteroatoms. The Kier molecular flexibility index (Phi) is 6.92. The van der Waals surface area contributed by atoms with Gasteiger partial charge in [0.15, 0.2) is 11.5 Å². The van der Waals surface area contributed by atoms with Gasteiger partial charge in [0.2, 0.25) is 0 Å². The van der Waals surface area contributed by atoms with Gasteiger partial charge in [-0.25, -0.2) is 0 Å². The quantitative estimate of drug-likeness (QED) is 0.420. The minimum absolute atomic E-state index is 0.687. The Labute approximate surface area is 159 Å². The monoisotopic (exact) mass is 382 g/mol. The van der Waals surface area contributed by atoms with E-state index in [1.165, 1.54) is 69.5 Å². The Morgan fingerprint density at radius 3 is 1.64 bits per heavy atom. The molecule has 0 spiro atoms. The van der Waals surface area contributed by atoms with Crippen LogP contribution in [0.15, 0.2) is 18.2 Å². The average molecular weight is 383 g/mol. The van der Waals surface area contributed by atoms with Gasteiger partial charge in [-0.3, -0.25) is 0 Å². The van der Waals surface area contributed by atoms with Crippen LogP contribution in [0, 0.1) is 5.62 Å². The van der Waals surface area contributed by atoms with E-state index in [4.69, 9.17) is 21.1 Å². The predicted octanol–water partition coefficient (Wildman–Crippen LogP) is 6.37. The third-order valence-electron chi connectivity index (χ3n) is 6.31. The van der Waals surface area contributed by atoms with Crippen molar-refractivity contribution in [2.45, 2.75) is 75.5 Å². The summed E-state index contributed by atoms with van der Waals surface area (Å²) in [7, 11) is 1.86. The van der Waals surface area contributed by atoms with Crippen LogP contribution in [0.25, 0.3) is 0 Å². The molecule has 0 unspecified atom stereocenters. The molecule has 25 heavy (non-hydrogen) atoms. The molecule has 0 heterocycles. The summed E-state index contributed by atoms with van der Waals surface area (Å²) < 4.78 is 11.7. The van der Waals surface area contributed by atoms with Crippen molar-refractivity contribution >= 4 is 24.2 Å². The zero-order chi connectivity index (χ0) is 17.7. The molecule has 0 bridgehead atoms. The normalized spacial score (nSPS) is 20.4. The summed E-state index contributed by atoms with van der Waals surface area (Å²) in [5.74, 6) is 1.95. The minimum Gasteiger partial charge on any atom is -0.493 e. The van der Waals surface area contributed by atoms with Crippen molar-refractivity contribution in [2.24, 2.45) is 0 Å². The third kappa shape index (κ3) is 3.67. The van der Waals surface area contributed by atoms with Gasteiger partial charge in [-0.05, 0) is 63.5 Å². The fraction of sp³-hybridized carbons (Fsp3) is 0.667. The molecule has 1 aromatic rings. The highest BCUT2D eigenvalue weighted by Gasteiger charge is 2.50. The van der Waals surface area contributed by atoms with Crippen LogP contribution < -0.4 is 14.8 Å². The van der Waals surface area contributed by atoms with Crippen LogP contribution in [-0.4, -0.2) is 25.5 Å². The van der Waals surface area contributed by atoms with Gasteiger partial charge >= 0.3 is 0 Å². The van der Waals surface area contributed by atoms with E-state index >= 15 is 0 Å². The van der Waals surface area contributed by atoms with E-state index in [0.717, 1.165) is 11.5 Å². The fourth-order valence-electron chi connectivity index (χ4n) is 5.10. The SMILES string of the molecule is COc1cccc(OC)c1[P+]([CH-]Cl)(C1CCCCC1)C1CCCCC1. The van der Waals surface area contributed by atoms with Crippen molar-refractivity contribution in [1.29, 1.82) is 0 Å². The topological polar surface area (TPSA) is 18.5 Å². The highest BCUT2D eigenvalue weighted by atomic mass is 35.5. The molecule has 0 radical (unpaired) electrons. The van der Waals surface area contributed by atoms with Crippen molar-refractivity contribution in [3.8, 4) is 11.5 Å². The van der Waals surface area contributed by atoms with Gasteiger partial charge < -0.3 is 21.1 Å². The van der Waals surface area contributed by atoms with E-state index in [2.05, 4.69) is 17.8 Å². The summed E-state index contributed by atoms with van der Waals surface area (Å²) in [5.41, 5.74) is 3.48. The van der Waals surface area contributed by atoms with Crippen LogP contribution in [0.2, 0.25) is 0 Å². The number of hydrogen-bond donors (Lipinski definition) is 0. The molecule has 2 nitrogen and oxygen atoms in total. The average Bonchev–Trinajstić information content (AvgIpc) is 2.70. The second-order valence-electron chi connectivity index (χ2n) is 7.53. The lowest BCUT2D eigenvalue weighted by atomic mass is 9.99. The Morgan fingerprint density at radius 2 is 1.28 bits per heavy atom. The van der Waals surface area contributed by atoms with E-state index in [1.54, 1.807) is 14.2 Å². The number of benzene rings is 1. The number of halogens is 1. The lowest BCUT2D eigenvalue weighted by Gasteiger charge is -2.49. The van der Waals surface area contributed by atoms with Crippen molar-refractivity contribution in [3.63, 3.8) is 0 Å². The maximum atomic E-state index is 6.80. The molecule has 2 fully saturated rings. The molecule has 0 amide bonds. The Balaban J connectivity index is 2.16. The summed E-state index contributed by atoms with van der Waals surface area (Å²) in [6.45, 7) is 0. The summed E-state index contributed by atoms with van der Waals surface area (Å²) >= 11 is 6.80. The van der Waals surface area contributed by atoms with E-state index in [-0.39, 0.29) is 0 Å². The van der Waals surface area contributed by atoms with Crippen LogP contribution in [0.4, 0.5) is 0 Å². The van der Waals surface area contributed by atoms with E-state index in [0.29, 0.717) is 11.3 Å². The molecule has 0 aliphatic heterocycles. The Hall–Kier alpha value is -0.460. The Bertz CT molecular complexity index is 511. The van der Waals surface area contributed by atoms with Crippen LogP contribution in [0.1, 0.15) is 64.2 Å². The van der Waals surface area contributed by atoms with Crippen LogP contribution in [0.5, 0.6) is 11.5 Å². The first-order valence-electron chi connectivity index (χ1n) is 9.82. The van der Waals surface area contributed by atoms with Gasteiger partial charge in [0.25, 0.3) is 0 Å². The summed E-state index contributed by atoms with van der Waals surface area (Å²) in [6, 6.07) is 6.23. The predicted molar refractivity (Wildman–Crippen MR) is 110 cm³/mol. The second kappa shape index (κ2) is 8.96. The highest BCUT2D eigenvalue weighted by Crippen LogP contribution is 2.76. The van der Waals surface area contributed by atoms with Crippen molar-refractivity contribution < 1.29 is 9.47 Å². The first-order chi connectivity index (χ1) is 12.3. The van der Waals surface area contributed by atoms with Gasteiger partial charge in [-0.15, -0.1) is 0 Å². The zero-order valence-electron chi connectivity index (χ0n) is 15.7. The molecule has 0 atom stereocenters. The van der Waals surface area contributed by atoms with Gasteiger partial charge in [-0.2, -0.15) is 0 Å². The first-order valence-corrected chi connectivity index (χ1v) is 12.3. The standard InChI is InChI=1S/C21H32ClO2P/c1-23-19-14-9-15-20(24-2)21(19)25(16-22,17-10-5-3-6-11-17)18-12-7-4-8-13-18/h9,14-18H,3-8,10-13H2,1-2H3. The third-order valence-corrected chi connectivity index (χ3v) is 12.3. The molecule has 1 aromatic carbocycles. The Morgan fingerprint density at radius 1 is 0.840 bits per heavy atom. The molecule has 0 N–H and O–H groups in total. The lowest BCUT2D eigenvalue weighted by molar-refractivity contribution is 0.399. The molecule has 3 rings (SSSR count).